The van der Waals surface area contributed by atoms with Crippen molar-refractivity contribution in [3.8, 4) is 27.7 Å². The zero-order valence-electron chi connectivity index (χ0n) is 20.4. The van der Waals surface area contributed by atoms with E-state index in [1.165, 1.54) is 17.9 Å². The van der Waals surface area contributed by atoms with E-state index in [1.807, 2.05) is 18.5 Å². The highest BCUT2D eigenvalue weighted by atomic mass is 32.1. The second-order valence-electron chi connectivity index (χ2n) is 9.53. The van der Waals surface area contributed by atoms with Crippen molar-refractivity contribution < 1.29 is 4.74 Å². The minimum absolute atomic E-state index is 0.258. The number of rotatable bonds is 7. The Morgan fingerprint density at radius 2 is 1.91 bits per heavy atom. The number of nitrogens with zero attached hydrogens (tertiary/aromatic N) is 7. The van der Waals surface area contributed by atoms with Gasteiger partial charge in [0.1, 0.15) is 16.3 Å². The molecule has 10 heteroatoms. The van der Waals surface area contributed by atoms with Gasteiger partial charge in [0.05, 0.1) is 24.7 Å². The number of aromatic nitrogens is 6. The summed E-state index contributed by atoms with van der Waals surface area (Å²) in [6.07, 6.45) is 5.48. The molecule has 5 rings (SSSR count). The van der Waals surface area contributed by atoms with E-state index in [4.69, 9.17) is 14.8 Å². The number of nitrogens with one attached hydrogen (secondary N) is 1. The van der Waals surface area contributed by atoms with Crippen molar-refractivity contribution in [2.45, 2.75) is 33.6 Å². The Kier molecular flexibility index (Phi) is 6.26. The van der Waals surface area contributed by atoms with Gasteiger partial charge in [-0.1, -0.05) is 39.0 Å². The van der Waals surface area contributed by atoms with Crippen LogP contribution in [0.4, 0.5) is 5.00 Å². The Morgan fingerprint density at radius 3 is 2.62 bits per heavy atom. The molecule has 4 aromatic heterocycles. The summed E-state index contributed by atoms with van der Waals surface area (Å²) in [7, 11) is 1.65. The molecule has 0 aliphatic carbocycles. The van der Waals surface area contributed by atoms with Crippen LogP contribution in [0.3, 0.4) is 0 Å². The van der Waals surface area contributed by atoms with Gasteiger partial charge in [-0.3, -0.25) is 10.00 Å². The third-order valence-electron chi connectivity index (χ3n) is 6.23. The Morgan fingerprint density at radius 1 is 1.12 bits per heavy atom. The van der Waals surface area contributed by atoms with E-state index in [0.717, 1.165) is 53.7 Å². The monoisotopic (exact) mass is 480 g/mol. The molecular formula is C24H32N8OS. The lowest BCUT2D eigenvalue weighted by Crippen LogP contribution is -2.47. The predicted octanol–water partition coefficient (Wildman–Crippen LogP) is 4.15. The van der Waals surface area contributed by atoms with Gasteiger partial charge in [0, 0.05) is 50.0 Å². The van der Waals surface area contributed by atoms with Crippen LogP contribution in [-0.2, 0) is 0 Å². The Balaban J connectivity index is 1.44. The zero-order valence-corrected chi connectivity index (χ0v) is 21.3. The predicted molar refractivity (Wildman–Crippen MR) is 136 cm³/mol. The molecule has 34 heavy (non-hydrogen) atoms. The highest BCUT2D eigenvalue weighted by molar-refractivity contribution is 7.18. The number of H-pyrrole nitrogens is 1. The summed E-state index contributed by atoms with van der Waals surface area (Å²) in [5.41, 5.74) is 4.63. The normalized spacial score (nSPS) is 15.2. The summed E-state index contributed by atoms with van der Waals surface area (Å²) >= 11 is 1.73. The van der Waals surface area contributed by atoms with Gasteiger partial charge in [-0.15, -0.1) is 0 Å². The van der Waals surface area contributed by atoms with Crippen molar-refractivity contribution in [1.29, 1.82) is 0 Å². The Hall–Kier alpha value is -2.98. The van der Waals surface area contributed by atoms with E-state index >= 15 is 0 Å². The number of anilines is 1. The fourth-order valence-electron chi connectivity index (χ4n) is 4.67. The van der Waals surface area contributed by atoms with Crippen LogP contribution in [-0.4, -0.2) is 74.5 Å². The van der Waals surface area contributed by atoms with E-state index in [-0.39, 0.29) is 5.92 Å². The standard InChI is InChI=1S/C24H32N8OS/c1-15(2)12-30-6-8-31(9-7-30)19-11-25-24(34-19)22-20(16(3)4)21(28-29-22)17-10-18(33-5)23-26-14-27-32(23)13-17/h10-11,13-16H,6-9,12H2,1-5H3,(H,28,29). The van der Waals surface area contributed by atoms with Crippen LogP contribution >= 0.6 is 11.3 Å². The molecule has 5 heterocycles. The average molecular weight is 481 g/mol. The van der Waals surface area contributed by atoms with Crippen molar-refractivity contribution in [3.63, 3.8) is 0 Å². The molecule has 0 aromatic carbocycles. The summed E-state index contributed by atoms with van der Waals surface area (Å²) in [5, 5.41) is 14.5. The van der Waals surface area contributed by atoms with Gasteiger partial charge >= 0.3 is 0 Å². The van der Waals surface area contributed by atoms with Crippen molar-refractivity contribution >= 4 is 22.0 Å². The SMILES string of the molecule is COc1cc(-c2n[nH]c(-c3ncc(N4CCN(CC(C)C)CC4)s3)c2C(C)C)cn2ncnc12. The van der Waals surface area contributed by atoms with Crippen LogP contribution in [0.15, 0.2) is 24.8 Å². The van der Waals surface area contributed by atoms with Gasteiger partial charge in [0.2, 0.25) is 0 Å². The maximum absolute atomic E-state index is 5.56. The number of piperazine rings is 1. The van der Waals surface area contributed by atoms with E-state index in [9.17, 15) is 0 Å². The molecule has 1 N–H and O–H groups in total. The molecule has 9 nitrogen and oxygen atoms in total. The van der Waals surface area contributed by atoms with Gasteiger partial charge in [-0.05, 0) is 17.9 Å². The third kappa shape index (κ3) is 4.27. The summed E-state index contributed by atoms with van der Waals surface area (Å²) < 4.78 is 7.29. The molecule has 0 amide bonds. The summed E-state index contributed by atoms with van der Waals surface area (Å²) in [6.45, 7) is 14.4. The van der Waals surface area contributed by atoms with E-state index in [1.54, 1.807) is 23.0 Å². The van der Waals surface area contributed by atoms with Crippen molar-refractivity contribution in [2.75, 3.05) is 44.7 Å². The largest absolute Gasteiger partial charge is 0.493 e. The topological polar surface area (TPSA) is 87.5 Å². The quantitative estimate of drug-likeness (QED) is 0.425. The van der Waals surface area contributed by atoms with Crippen LogP contribution in [0.1, 0.15) is 39.2 Å². The first-order valence-electron chi connectivity index (χ1n) is 11.8. The lowest BCUT2D eigenvalue weighted by atomic mass is 9.97. The molecule has 4 aromatic rings. The van der Waals surface area contributed by atoms with Crippen LogP contribution in [0, 0.1) is 5.92 Å². The van der Waals surface area contributed by atoms with Gasteiger partial charge in [-0.2, -0.15) is 10.2 Å². The molecule has 0 bridgehead atoms. The Bertz CT molecular complexity index is 1270. The first-order chi connectivity index (χ1) is 16.4. The summed E-state index contributed by atoms with van der Waals surface area (Å²) in [6, 6.07) is 1.97. The summed E-state index contributed by atoms with van der Waals surface area (Å²) in [5.74, 6) is 1.63. The number of aromatic amines is 1. The number of fused-ring (bicyclic) bond motifs is 1. The highest BCUT2D eigenvalue weighted by Gasteiger charge is 2.24. The van der Waals surface area contributed by atoms with Gasteiger partial charge < -0.3 is 9.64 Å². The fourth-order valence-corrected chi connectivity index (χ4v) is 5.64. The number of methoxy groups -OCH3 is 1. The summed E-state index contributed by atoms with van der Waals surface area (Å²) in [4.78, 5) is 14.1. The zero-order chi connectivity index (χ0) is 23.8. The van der Waals surface area contributed by atoms with E-state index in [0.29, 0.717) is 17.3 Å². The molecule has 0 radical (unpaired) electrons. The van der Waals surface area contributed by atoms with Crippen LogP contribution in [0.5, 0.6) is 5.75 Å². The Labute approximate surface area is 203 Å². The third-order valence-corrected chi connectivity index (χ3v) is 7.31. The first kappa shape index (κ1) is 22.8. The van der Waals surface area contributed by atoms with Crippen LogP contribution < -0.4 is 9.64 Å². The number of hydrogen-bond acceptors (Lipinski definition) is 8. The van der Waals surface area contributed by atoms with Crippen LogP contribution in [0.25, 0.3) is 27.6 Å². The lowest BCUT2D eigenvalue weighted by molar-refractivity contribution is 0.231. The fraction of sp³-hybridized carbons (Fsp3) is 0.500. The number of ether oxygens (including phenoxy) is 1. The molecule has 1 saturated heterocycles. The van der Waals surface area contributed by atoms with Crippen molar-refractivity contribution in [3.05, 3.63) is 30.4 Å². The lowest BCUT2D eigenvalue weighted by Gasteiger charge is -2.35. The number of pyridine rings is 1. The second-order valence-corrected chi connectivity index (χ2v) is 10.5. The van der Waals surface area contributed by atoms with Crippen LogP contribution in [0.2, 0.25) is 0 Å². The minimum atomic E-state index is 0.258. The van der Waals surface area contributed by atoms with E-state index < -0.39 is 0 Å². The average Bonchev–Trinajstić information content (AvgIpc) is 3.57. The highest BCUT2D eigenvalue weighted by Crippen LogP contribution is 2.39. The number of thiazole rings is 1. The van der Waals surface area contributed by atoms with Crippen molar-refractivity contribution in [2.24, 2.45) is 5.92 Å². The minimum Gasteiger partial charge on any atom is -0.493 e. The van der Waals surface area contributed by atoms with Crippen molar-refractivity contribution in [1.82, 2.24) is 34.7 Å². The smallest absolute Gasteiger partial charge is 0.197 e. The molecule has 1 aliphatic rings. The first-order valence-corrected chi connectivity index (χ1v) is 12.7. The molecule has 180 valence electrons. The molecular weight excluding hydrogens is 448 g/mol. The van der Waals surface area contributed by atoms with Gasteiger partial charge in [0.25, 0.3) is 0 Å². The maximum atomic E-state index is 5.56. The molecule has 1 fully saturated rings. The second kappa shape index (κ2) is 9.34. The number of hydrogen-bond donors (Lipinski definition) is 1. The maximum Gasteiger partial charge on any atom is 0.197 e. The molecule has 0 spiro atoms. The van der Waals surface area contributed by atoms with E-state index in [2.05, 4.69) is 52.7 Å². The molecule has 0 atom stereocenters. The molecule has 0 unspecified atom stereocenters. The molecule has 0 saturated carbocycles. The molecule has 1 aliphatic heterocycles. The van der Waals surface area contributed by atoms with Gasteiger partial charge in [0.15, 0.2) is 11.4 Å². The van der Waals surface area contributed by atoms with Gasteiger partial charge in [-0.25, -0.2) is 14.5 Å².